The second kappa shape index (κ2) is 45.9. The van der Waals surface area contributed by atoms with Crippen LogP contribution in [0.25, 0.3) is 0 Å². The summed E-state index contributed by atoms with van der Waals surface area (Å²) < 4.78 is 13.6. The average molecular weight is 1320 g/mol. The first-order chi connectivity index (χ1) is 44.5. The van der Waals surface area contributed by atoms with Gasteiger partial charge in [0.05, 0.1) is 17.6 Å². The number of nitrogens with one attached hydrogen (secondary N) is 11. The predicted molar refractivity (Wildman–Crippen MR) is 368 cm³/mol. The minimum atomic E-state index is -1.83. The number of hydrogen-bond acceptors (Lipinski definition) is 16. The van der Waals surface area contributed by atoms with Gasteiger partial charge in [0, 0.05) is 25.9 Å². The SMILES string of the molecule is CCCCCCCCCCNCCC(=O)NC(CCCCNC(NC(=O)C(CCC)NC(=O)C(C)NC(=O)C(CCC)NC(=O)CCNCCCCCCCCCC)B1OC2CC3CC(C3(C)C)C2(C)O1)C(=O)NC(C)C(=O)NC(CCCCN)C(=O)NC(C)B(O)O. The van der Waals surface area contributed by atoms with Crippen LogP contribution in [0.3, 0.4) is 0 Å². The van der Waals surface area contributed by atoms with Gasteiger partial charge in [-0.2, -0.15) is 0 Å². The van der Waals surface area contributed by atoms with Crippen LogP contribution in [0.4, 0.5) is 0 Å². The highest BCUT2D eigenvalue weighted by Crippen LogP contribution is 2.65. The maximum atomic E-state index is 14.5. The summed E-state index contributed by atoms with van der Waals surface area (Å²) in [6, 6.07) is -7.01. The van der Waals surface area contributed by atoms with E-state index in [0.717, 1.165) is 51.6 Å². The molecule has 3 saturated carbocycles. The van der Waals surface area contributed by atoms with Gasteiger partial charge in [0.25, 0.3) is 0 Å². The molecule has 1 aliphatic heterocycles. The number of rotatable bonds is 54. The number of unbranched alkanes of at least 4 members (excludes halogenated alkanes) is 16. The van der Waals surface area contributed by atoms with Gasteiger partial charge in [0.1, 0.15) is 42.3 Å². The van der Waals surface area contributed by atoms with Crippen molar-refractivity contribution in [2.45, 2.75) is 322 Å². The first kappa shape index (κ1) is 82.8. The summed E-state index contributed by atoms with van der Waals surface area (Å²) in [6.07, 6.45) is 25.3. The van der Waals surface area contributed by atoms with Crippen LogP contribution in [-0.2, 0) is 47.7 Å². The largest absolute Gasteiger partial charge is 0.497 e. The van der Waals surface area contributed by atoms with E-state index in [1.807, 2.05) is 13.8 Å². The van der Waals surface area contributed by atoms with Crippen molar-refractivity contribution in [3.63, 3.8) is 0 Å². The van der Waals surface area contributed by atoms with E-state index in [1.54, 1.807) is 6.92 Å². The van der Waals surface area contributed by atoms with Crippen molar-refractivity contribution in [3.05, 3.63) is 0 Å². The molecule has 12 atom stereocenters. The van der Waals surface area contributed by atoms with Gasteiger partial charge in [-0.25, -0.2) is 0 Å². The maximum Gasteiger partial charge on any atom is 0.497 e. The fourth-order valence-electron chi connectivity index (χ4n) is 13.1. The Kier molecular flexibility index (Phi) is 40.9. The van der Waals surface area contributed by atoms with Crippen LogP contribution in [0.1, 0.15) is 262 Å². The Labute approximate surface area is 559 Å². The normalized spacial score (nSPS) is 20.4. The van der Waals surface area contributed by atoms with Crippen LogP contribution in [0.5, 0.6) is 0 Å². The van der Waals surface area contributed by atoms with Gasteiger partial charge < -0.3 is 78.3 Å². The van der Waals surface area contributed by atoms with E-state index in [0.29, 0.717) is 77.0 Å². The summed E-state index contributed by atoms with van der Waals surface area (Å²) in [7, 11) is -2.73. The molecule has 534 valence electrons. The second-order valence-corrected chi connectivity index (χ2v) is 27.6. The van der Waals surface area contributed by atoms with Crippen molar-refractivity contribution in [3.8, 4) is 0 Å². The average Bonchev–Trinajstić information content (AvgIpc) is 1.64. The molecule has 0 aromatic carbocycles. The molecular weight excluding hydrogens is 1190 g/mol. The summed E-state index contributed by atoms with van der Waals surface area (Å²) >= 11 is 0. The minimum Gasteiger partial charge on any atom is -0.426 e. The number of nitrogens with two attached hydrogens (primary N) is 1. The second-order valence-electron chi connectivity index (χ2n) is 27.6. The molecule has 3 aliphatic carbocycles. The molecular formula is C67H128B2N12O12. The molecule has 1 saturated heterocycles. The van der Waals surface area contributed by atoms with E-state index >= 15 is 0 Å². The van der Waals surface area contributed by atoms with E-state index < -0.39 is 104 Å². The molecule has 12 unspecified atom stereocenters. The summed E-state index contributed by atoms with van der Waals surface area (Å²) in [5.74, 6) is -4.37. The molecule has 2 bridgehead atoms. The zero-order valence-electron chi connectivity index (χ0n) is 59.0. The lowest BCUT2D eigenvalue weighted by Crippen LogP contribution is -2.65. The van der Waals surface area contributed by atoms with Crippen molar-refractivity contribution in [1.29, 1.82) is 0 Å². The van der Waals surface area contributed by atoms with Gasteiger partial charge in [0.2, 0.25) is 47.3 Å². The number of carbonyl (C=O) groups excluding carboxylic acids is 8. The third-order valence-electron chi connectivity index (χ3n) is 19.3. The van der Waals surface area contributed by atoms with E-state index in [-0.39, 0.29) is 61.4 Å². The van der Waals surface area contributed by atoms with Gasteiger partial charge in [-0.1, -0.05) is 144 Å². The van der Waals surface area contributed by atoms with Crippen LogP contribution in [0.2, 0.25) is 0 Å². The first-order valence-electron chi connectivity index (χ1n) is 36.4. The number of carbonyl (C=O) groups is 8. The molecule has 4 fully saturated rings. The lowest BCUT2D eigenvalue weighted by molar-refractivity contribution is -0.199. The quantitative estimate of drug-likeness (QED) is 0.0219. The van der Waals surface area contributed by atoms with Gasteiger partial charge >= 0.3 is 14.2 Å². The molecule has 0 spiro atoms. The minimum absolute atomic E-state index is 0.0432. The molecule has 0 radical (unpaired) electrons. The molecule has 1 heterocycles. The Hall–Kier alpha value is -4.43. The number of amides is 8. The molecule has 93 heavy (non-hydrogen) atoms. The van der Waals surface area contributed by atoms with Gasteiger partial charge in [-0.15, -0.1) is 0 Å². The highest BCUT2D eigenvalue weighted by Gasteiger charge is 2.68. The fourth-order valence-corrected chi connectivity index (χ4v) is 13.1. The third kappa shape index (κ3) is 30.3. The van der Waals surface area contributed by atoms with Crippen molar-refractivity contribution in [1.82, 2.24) is 58.5 Å². The summed E-state index contributed by atoms with van der Waals surface area (Å²) in [6.45, 7) is 22.5. The highest BCUT2D eigenvalue weighted by atomic mass is 16.7. The fraction of sp³-hybridized carbons (Fsp3) is 0.881. The molecule has 4 rings (SSSR count). The Morgan fingerprint density at radius 3 is 1.37 bits per heavy atom. The molecule has 4 aliphatic rings. The maximum absolute atomic E-state index is 14.5. The Bertz CT molecular complexity index is 2210. The Morgan fingerprint density at radius 1 is 0.484 bits per heavy atom. The van der Waals surface area contributed by atoms with Crippen LogP contribution in [0, 0.1) is 17.3 Å². The van der Waals surface area contributed by atoms with E-state index in [4.69, 9.17) is 15.0 Å². The van der Waals surface area contributed by atoms with E-state index in [2.05, 4.69) is 93.1 Å². The standard InChI is InChI=1S/C67H128B2N12O12/c1-11-15-17-19-21-23-25-30-40-71-43-37-57(82)77-51(33-13-3)61(86)74-47(5)59(84)79-52(34-14-4)64(89)81-65(69-92-56-46-50-45-55(66(50,8)9)67(56,10)93-69)73-42-32-28-36-53(78-58(83)38-44-72-41-31-26-24-22-20-18-16-12-2)62(87)75-48(6)60(85)80-54(35-27-29-39-70)63(88)76-49(7)68(90)91/h47-56,65,71-73,90-91H,11-46,70H2,1-10H3,(H,74,86)(H,75,87)(H,76,88)(H,77,82)(H,78,83)(H,79,84)(H,80,85)(H,81,89). The van der Waals surface area contributed by atoms with Crippen LogP contribution in [0.15, 0.2) is 0 Å². The summed E-state index contributed by atoms with van der Waals surface area (Å²) in [4.78, 5) is 110. The molecule has 15 N–H and O–H groups in total. The first-order valence-corrected chi connectivity index (χ1v) is 36.4. The molecule has 24 nitrogen and oxygen atoms in total. The van der Waals surface area contributed by atoms with Gasteiger partial charge in [-0.05, 0) is 148 Å². The van der Waals surface area contributed by atoms with Crippen molar-refractivity contribution in [2.24, 2.45) is 23.0 Å². The van der Waals surface area contributed by atoms with Gasteiger partial charge in [0.15, 0.2) is 0 Å². The topological polar surface area (TPSA) is 354 Å². The molecule has 8 amide bonds. The van der Waals surface area contributed by atoms with E-state index in [9.17, 15) is 48.4 Å². The lowest BCUT2D eigenvalue weighted by atomic mass is 9.43. The monoisotopic (exact) mass is 1310 g/mol. The van der Waals surface area contributed by atoms with Crippen LogP contribution in [-0.4, -0.2) is 171 Å². The van der Waals surface area contributed by atoms with Gasteiger partial charge in [-0.3, -0.25) is 43.7 Å². The Balaban J connectivity index is 1.71. The van der Waals surface area contributed by atoms with E-state index in [1.165, 1.54) is 90.9 Å². The van der Waals surface area contributed by atoms with Crippen molar-refractivity contribution < 1.29 is 57.7 Å². The Morgan fingerprint density at radius 2 is 0.903 bits per heavy atom. The molecule has 0 aromatic heterocycles. The molecule has 0 aromatic rings. The zero-order chi connectivity index (χ0) is 68.8. The smallest absolute Gasteiger partial charge is 0.426 e. The van der Waals surface area contributed by atoms with Crippen molar-refractivity contribution in [2.75, 3.05) is 39.3 Å². The molecule has 26 heteroatoms. The lowest BCUT2D eigenvalue weighted by Gasteiger charge is -2.64. The zero-order valence-corrected chi connectivity index (χ0v) is 59.0. The summed E-state index contributed by atoms with van der Waals surface area (Å²) in [5, 5.41) is 51.8. The highest BCUT2D eigenvalue weighted by molar-refractivity contribution is 6.47. The van der Waals surface area contributed by atoms with Crippen LogP contribution >= 0.6 is 0 Å². The van der Waals surface area contributed by atoms with Crippen LogP contribution < -0.4 is 64.2 Å². The number of hydrogen-bond donors (Lipinski definition) is 14. The van der Waals surface area contributed by atoms with Crippen molar-refractivity contribution >= 4 is 61.5 Å². The predicted octanol–water partition coefficient (Wildman–Crippen LogP) is 4.89. The summed E-state index contributed by atoms with van der Waals surface area (Å²) in [5.41, 5.74) is 5.12. The third-order valence-corrected chi connectivity index (χ3v) is 19.3.